The third-order valence-corrected chi connectivity index (χ3v) is 19.1. The molecule has 45 heteroatoms. The molecule has 1 aliphatic carbocycles. The summed E-state index contributed by atoms with van der Waals surface area (Å²) < 4.78 is 5.66. The molecule has 44 nitrogen and oxygen atoms in total. The van der Waals surface area contributed by atoms with E-state index in [1.807, 2.05) is 48.5 Å². The number of phenolic OH excluding ortho intramolecular Hbond substituents is 1. The van der Waals surface area contributed by atoms with Crippen LogP contribution in [0.15, 0.2) is 85.3 Å². The molecule has 1 aliphatic heterocycles. The van der Waals surface area contributed by atoms with Crippen LogP contribution in [0.25, 0.3) is 11.1 Å². The second-order valence-electron chi connectivity index (χ2n) is 27.4. The number of aromatic amines is 1. The molecule has 6 rings (SSSR count). The van der Waals surface area contributed by atoms with E-state index in [2.05, 4.69) is 97.0 Å². The maximum Gasteiger partial charge on any atom is 0.407 e. The number of imidazole rings is 1. The van der Waals surface area contributed by atoms with Gasteiger partial charge in [-0.1, -0.05) is 80.9 Å². The van der Waals surface area contributed by atoms with Crippen LogP contribution < -0.4 is 85.9 Å². The summed E-state index contributed by atoms with van der Waals surface area (Å²) in [5.74, 6) is -20.7. The lowest BCUT2D eigenvalue weighted by Gasteiger charge is -2.30. The zero-order valence-electron chi connectivity index (χ0n) is 64.1. The first kappa shape index (κ1) is 93.8. The number of hydrogen-bond acceptors (Lipinski definition) is 25. The Kier molecular flexibility index (Phi) is 37.0. The molecule has 2 aliphatic rings. The molecule has 640 valence electrons. The monoisotopic (exact) mass is 1670 g/mol. The van der Waals surface area contributed by atoms with Gasteiger partial charge in [-0.05, 0) is 71.6 Å². The lowest BCUT2D eigenvalue weighted by molar-refractivity contribution is -0.143. The van der Waals surface area contributed by atoms with Gasteiger partial charge in [-0.2, -0.15) is 12.6 Å². The van der Waals surface area contributed by atoms with E-state index in [1.54, 1.807) is 13.8 Å². The lowest BCUT2D eigenvalue weighted by Crippen LogP contribution is -2.60. The predicted molar refractivity (Wildman–Crippen MR) is 415 cm³/mol. The first-order chi connectivity index (χ1) is 56.2. The number of rotatable bonds is 47. The predicted octanol–water partition coefficient (Wildman–Crippen LogP) is -7.84. The van der Waals surface area contributed by atoms with Gasteiger partial charge in [0.05, 0.1) is 64.3 Å². The molecule has 2 heterocycles. The smallest absolute Gasteiger partial charge is 0.407 e. The number of phenols is 1. The highest BCUT2D eigenvalue weighted by Crippen LogP contribution is 2.44. The van der Waals surface area contributed by atoms with Crippen molar-refractivity contribution >= 4 is 119 Å². The Morgan fingerprint density at radius 1 is 0.585 bits per heavy atom. The number of aliphatic carboxylic acids is 2. The quantitative estimate of drug-likeness (QED) is 0.00845. The minimum atomic E-state index is -2.08. The highest BCUT2D eigenvalue weighted by Gasteiger charge is 2.41. The summed E-state index contributed by atoms with van der Waals surface area (Å²) in [7, 11) is 0. The van der Waals surface area contributed by atoms with Gasteiger partial charge in [0.15, 0.2) is 5.96 Å². The number of benzene rings is 3. The number of aromatic nitrogens is 2. The number of likely N-dealkylation sites (tertiary alicyclic amines) is 1. The van der Waals surface area contributed by atoms with Crippen molar-refractivity contribution in [2.45, 2.75) is 144 Å². The van der Waals surface area contributed by atoms with Crippen LogP contribution in [0.4, 0.5) is 4.79 Å². The number of primary amides is 1. The summed E-state index contributed by atoms with van der Waals surface area (Å²) in [5, 5.41) is 99.1. The fourth-order valence-electron chi connectivity index (χ4n) is 12.4. The van der Waals surface area contributed by atoms with Gasteiger partial charge >= 0.3 is 18.0 Å². The standard InChI is InChI=1S/C73H98N20O24S/c1-3-36(2)60(69(112)81-29-57(100)84-46(22-37-16-18-39(97)19-17-37)64(107)88-50(30-94)66(109)89-51(31-95)67(110)90-53(34-118)71(114)115)92-68(111)54-15-9-21-93(54)70(113)52(32-96)85-58(101)28-80-62(105)48(24-55(74)98)86-65(108)49(25-59(102)103)87-63(106)45(14-8-20-78-72(75)76)83-56(99)27-79-61(104)47(23-38-26-77-35-82-38)91-73(116)117-33-44-42-12-6-4-10-40(42)41-11-5-7-13-43(41)44/h4-7,10-13,16-19,26,35-36,44-54,60,94-97,118H,3,8-9,14-15,20-25,27-34H2,1-2H3,(H2,74,98)(H,77,82)(H,79,104)(H,80,105)(H,81,112)(H,83,99)(H,84,100)(H,85,101)(H,86,108)(H,87,106)(H,88,107)(H,89,109)(H,90,110)(H,91,116)(H,92,111)(H,102,103)(H,114,115)(H4,75,76,78)/t36-,45-,46-,47-,48-,49-,50-,51-,52-,53-,54-,60-/m0/s1. The van der Waals surface area contributed by atoms with Gasteiger partial charge in [-0.25, -0.2) is 14.6 Å². The van der Waals surface area contributed by atoms with E-state index in [9.17, 15) is 112 Å². The normalized spacial score (nSPS) is 15.4. The van der Waals surface area contributed by atoms with Gasteiger partial charge in [-0.3, -0.25) is 77.3 Å². The van der Waals surface area contributed by atoms with Crippen molar-refractivity contribution in [3.8, 4) is 16.9 Å². The van der Waals surface area contributed by atoms with Crippen LogP contribution in [0.3, 0.4) is 0 Å². The summed E-state index contributed by atoms with van der Waals surface area (Å²) in [4.78, 5) is 235. The molecule has 0 unspecified atom stereocenters. The number of carbonyl (C=O) groups is 17. The van der Waals surface area contributed by atoms with E-state index < -0.39 is 231 Å². The average Bonchev–Trinajstić information content (AvgIpc) is 1.61. The van der Waals surface area contributed by atoms with E-state index in [1.165, 1.54) is 36.8 Å². The van der Waals surface area contributed by atoms with Crippen molar-refractivity contribution in [1.82, 2.24) is 89.3 Å². The Bertz CT molecular complexity index is 4230. The number of aliphatic hydroxyl groups is 3. The molecule has 4 aromatic rings. The first-order valence-electron chi connectivity index (χ1n) is 37.1. The maximum absolute atomic E-state index is 14.1. The SMILES string of the molecule is CC[C@H](C)[C@H](NC(=O)[C@@H]1CCCN1C(=O)[C@H](CO)NC(=O)CNC(=O)[C@H](CC(N)=O)NC(=O)[C@H](CC(=O)O)NC(=O)[C@H](CCCNC(=N)N)NC(=O)CNC(=O)[C@H](Cc1c[nH]cn1)NC(=O)OCC1c2ccccc2-c2ccccc21)C(=O)NCC(=O)N[C@@H](Cc1ccc(O)cc1)C(=O)N[C@@H](CO)C(=O)N[C@@H](CO)C(=O)N[C@@H](CS)C(=O)O. The molecule has 3 aromatic carbocycles. The van der Waals surface area contributed by atoms with Gasteiger partial charge < -0.3 is 131 Å². The zero-order chi connectivity index (χ0) is 86.9. The van der Waals surface area contributed by atoms with Crippen molar-refractivity contribution in [2.24, 2.45) is 17.4 Å². The van der Waals surface area contributed by atoms with Gasteiger partial charge in [-0.15, -0.1) is 0 Å². The number of nitrogens with one attached hydrogen (secondary N) is 16. The number of nitrogens with two attached hydrogens (primary N) is 2. The molecule has 1 saturated heterocycles. The highest BCUT2D eigenvalue weighted by atomic mass is 32.1. The topological polar surface area (TPSA) is 697 Å². The number of thiol groups is 1. The van der Waals surface area contributed by atoms with Crippen molar-refractivity contribution in [1.29, 1.82) is 5.41 Å². The molecular formula is C73H98N20O24S. The van der Waals surface area contributed by atoms with Crippen LogP contribution in [0.2, 0.25) is 0 Å². The Hall–Kier alpha value is -13.0. The summed E-state index contributed by atoms with van der Waals surface area (Å²) in [5.41, 5.74) is 15.3. The largest absolute Gasteiger partial charge is 0.508 e. The van der Waals surface area contributed by atoms with Crippen LogP contribution >= 0.6 is 12.6 Å². The molecular weight excluding hydrogens is 1570 g/mol. The van der Waals surface area contributed by atoms with Gasteiger partial charge in [0, 0.05) is 43.8 Å². The first-order valence-corrected chi connectivity index (χ1v) is 37.8. The fraction of sp³-hybridized carbons (Fsp3) is 0.466. The number of aromatic hydroxyl groups is 1. The number of ether oxygens (including phenoxy) is 1. The summed E-state index contributed by atoms with van der Waals surface area (Å²) >= 11 is 3.84. The Morgan fingerprint density at radius 3 is 1.59 bits per heavy atom. The van der Waals surface area contributed by atoms with Crippen LogP contribution in [-0.4, -0.2) is 284 Å². The number of hydrogen-bond donors (Lipinski definition) is 25. The van der Waals surface area contributed by atoms with Gasteiger partial charge in [0.1, 0.15) is 78.8 Å². The van der Waals surface area contributed by atoms with Gasteiger partial charge in [0.25, 0.3) is 0 Å². The molecule has 12 atom stereocenters. The second-order valence-corrected chi connectivity index (χ2v) is 27.7. The van der Waals surface area contributed by atoms with E-state index in [0.717, 1.165) is 27.2 Å². The van der Waals surface area contributed by atoms with Crippen LogP contribution in [0, 0.1) is 11.3 Å². The molecule has 1 fully saturated rings. The Balaban J connectivity index is 1.03. The van der Waals surface area contributed by atoms with E-state index in [4.69, 9.17) is 21.6 Å². The molecule has 0 saturated carbocycles. The Labute approximate surface area is 679 Å². The lowest BCUT2D eigenvalue weighted by atomic mass is 9.97. The van der Waals surface area contributed by atoms with E-state index >= 15 is 0 Å². The summed E-state index contributed by atoms with van der Waals surface area (Å²) in [6.07, 6.45) is -0.769. The van der Waals surface area contributed by atoms with Crippen molar-refractivity contribution in [2.75, 3.05) is 64.9 Å². The number of alkyl carbamates (subject to hydrolysis) is 1. The van der Waals surface area contributed by atoms with Crippen LogP contribution in [0.1, 0.15) is 87.1 Å². The summed E-state index contributed by atoms with van der Waals surface area (Å²) in [6, 6.07) is 2.18. The third-order valence-electron chi connectivity index (χ3n) is 18.8. The Morgan fingerprint density at radius 2 is 1.08 bits per heavy atom. The number of carbonyl (C=O) groups excluding carboxylic acids is 15. The maximum atomic E-state index is 14.1. The molecule has 0 spiro atoms. The number of fused-ring (bicyclic) bond motifs is 3. The fourth-order valence-corrected chi connectivity index (χ4v) is 12.7. The zero-order valence-corrected chi connectivity index (χ0v) is 64.9. The minimum Gasteiger partial charge on any atom is -0.508 e. The molecule has 26 N–H and O–H groups in total. The number of guanidine groups is 1. The van der Waals surface area contributed by atoms with Crippen molar-refractivity contribution in [3.63, 3.8) is 0 Å². The highest BCUT2D eigenvalue weighted by molar-refractivity contribution is 7.80. The second kappa shape index (κ2) is 46.5. The van der Waals surface area contributed by atoms with Crippen molar-refractivity contribution < 1.29 is 117 Å². The number of amides is 15. The van der Waals surface area contributed by atoms with E-state index in [-0.39, 0.29) is 82.1 Å². The number of H-pyrrole nitrogens is 1. The van der Waals surface area contributed by atoms with Crippen LogP contribution in [-0.2, 0) is 94.3 Å². The number of nitrogens with zero attached hydrogens (tertiary/aromatic N) is 2. The number of carboxylic acid groups (broad SMARTS) is 2. The summed E-state index contributed by atoms with van der Waals surface area (Å²) in [6.45, 7) is -3.01. The minimum absolute atomic E-state index is 0.00575. The molecule has 1 aromatic heterocycles. The van der Waals surface area contributed by atoms with Crippen LogP contribution in [0.5, 0.6) is 5.75 Å². The van der Waals surface area contributed by atoms with Crippen molar-refractivity contribution in [3.05, 3.63) is 108 Å². The molecule has 118 heavy (non-hydrogen) atoms. The van der Waals surface area contributed by atoms with E-state index in [0.29, 0.717) is 11.3 Å². The molecule has 0 radical (unpaired) electrons. The third kappa shape index (κ3) is 28.7. The molecule has 15 amide bonds. The molecule has 0 bridgehead atoms. The number of aliphatic hydroxyl groups excluding tert-OH is 3. The average molecular weight is 1670 g/mol. The number of carboxylic acids is 2. The van der Waals surface area contributed by atoms with Gasteiger partial charge in [0.2, 0.25) is 82.7 Å².